The van der Waals surface area contributed by atoms with Crippen molar-refractivity contribution < 1.29 is 4.79 Å². The van der Waals surface area contributed by atoms with Crippen molar-refractivity contribution in [1.29, 1.82) is 0 Å². The lowest BCUT2D eigenvalue weighted by molar-refractivity contribution is 0.0751. The molecule has 3 rings (SSSR count). The molecule has 134 valence electrons. The molecular weight excluding hydrogens is 402 g/mol. The first-order valence-corrected chi connectivity index (χ1v) is 10.2. The Morgan fingerprint density at radius 1 is 1.20 bits per heavy atom. The van der Waals surface area contributed by atoms with E-state index in [1.807, 2.05) is 28.5 Å². The molecule has 0 spiro atoms. The monoisotopic (exact) mass is 423 g/mol. The van der Waals surface area contributed by atoms with E-state index in [4.69, 9.17) is 0 Å². The Labute approximate surface area is 160 Å². The molecule has 0 bridgehead atoms. The maximum atomic E-state index is 12.5. The van der Waals surface area contributed by atoms with Gasteiger partial charge in [-0.25, -0.2) is 0 Å². The summed E-state index contributed by atoms with van der Waals surface area (Å²) in [7, 11) is 0. The van der Waals surface area contributed by atoms with Gasteiger partial charge in [-0.15, -0.1) is 21.5 Å². The Balaban J connectivity index is 1.59. The molecule has 6 nitrogen and oxygen atoms in total. The van der Waals surface area contributed by atoms with E-state index in [-0.39, 0.29) is 5.91 Å². The fourth-order valence-electron chi connectivity index (χ4n) is 2.92. The summed E-state index contributed by atoms with van der Waals surface area (Å²) in [5.74, 6) is 1.89. The van der Waals surface area contributed by atoms with Crippen molar-refractivity contribution in [2.45, 2.75) is 13.8 Å². The summed E-state index contributed by atoms with van der Waals surface area (Å²) in [6.07, 6.45) is 0. The van der Waals surface area contributed by atoms with Gasteiger partial charge in [-0.2, -0.15) is 0 Å². The summed E-state index contributed by atoms with van der Waals surface area (Å²) in [5, 5.41) is 10.7. The second kappa shape index (κ2) is 8.14. The SMILES string of the molecule is CCN(CC)c1ccc(N2CCN(C(=O)c3cc(Br)cs3)CC2)nn1. The molecule has 1 saturated heterocycles. The summed E-state index contributed by atoms with van der Waals surface area (Å²) in [5.41, 5.74) is 0. The van der Waals surface area contributed by atoms with Crippen molar-refractivity contribution in [2.24, 2.45) is 0 Å². The van der Waals surface area contributed by atoms with Gasteiger partial charge in [-0.05, 0) is 48.0 Å². The zero-order valence-corrected chi connectivity index (χ0v) is 16.9. The highest BCUT2D eigenvalue weighted by atomic mass is 79.9. The summed E-state index contributed by atoms with van der Waals surface area (Å²) in [4.78, 5) is 19.6. The summed E-state index contributed by atoms with van der Waals surface area (Å²) in [6, 6.07) is 5.93. The third kappa shape index (κ3) is 4.12. The van der Waals surface area contributed by atoms with Crippen molar-refractivity contribution in [1.82, 2.24) is 15.1 Å². The van der Waals surface area contributed by atoms with E-state index in [1.54, 1.807) is 0 Å². The average molecular weight is 424 g/mol. The summed E-state index contributed by atoms with van der Waals surface area (Å²) in [6.45, 7) is 9.02. The lowest BCUT2D eigenvalue weighted by Crippen LogP contribution is -2.49. The molecule has 1 aliphatic rings. The molecule has 2 aromatic heterocycles. The second-order valence-corrected chi connectivity index (χ2v) is 7.66. The Morgan fingerprint density at radius 2 is 1.92 bits per heavy atom. The van der Waals surface area contributed by atoms with Crippen LogP contribution >= 0.6 is 27.3 Å². The van der Waals surface area contributed by atoms with Crippen LogP contribution < -0.4 is 9.80 Å². The largest absolute Gasteiger partial charge is 0.356 e. The van der Waals surface area contributed by atoms with Crippen LogP contribution in [0.3, 0.4) is 0 Å². The molecule has 2 aromatic rings. The maximum absolute atomic E-state index is 12.5. The molecule has 0 atom stereocenters. The van der Waals surface area contributed by atoms with Crippen LogP contribution in [-0.2, 0) is 0 Å². The van der Waals surface area contributed by atoms with Gasteiger partial charge in [0, 0.05) is 49.1 Å². The van der Waals surface area contributed by atoms with Crippen molar-refractivity contribution in [2.75, 3.05) is 49.1 Å². The van der Waals surface area contributed by atoms with Crippen LogP contribution in [0.25, 0.3) is 0 Å². The Bertz CT molecular complexity index is 708. The minimum Gasteiger partial charge on any atom is -0.356 e. The maximum Gasteiger partial charge on any atom is 0.264 e. The summed E-state index contributed by atoms with van der Waals surface area (Å²) < 4.78 is 0.961. The number of anilines is 2. The van der Waals surface area contributed by atoms with Gasteiger partial charge in [0.2, 0.25) is 0 Å². The number of hydrogen-bond acceptors (Lipinski definition) is 6. The number of amides is 1. The molecule has 0 N–H and O–H groups in total. The smallest absolute Gasteiger partial charge is 0.264 e. The molecule has 0 unspecified atom stereocenters. The van der Waals surface area contributed by atoms with Crippen LogP contribution in [0.2, 0.25) is 0 Å². The van der Waals surface area contributed by atoms with Gasteiger partial charge in [0.25, 0.3) is 5.91 Å². The van der Waals surface area contributed by atoms with Crippen LogP contribution in [0.1, 0.15) is 23.5 Å². The van der Waals surface area contributed by atoms with E-state index in [0.717, 1.165) is 47.2 Å². The molecule has 0 saturated carbocycles. The number of hydrogen-bond donors (Lipinski definition) is 0. The lowest BCUT2D eigenvalue weighted by atomic mass is 10.3. The fraction of sp³-hybridized carbons (Fsp3) is 0.471. The standard InChI is InChI=1S/C17H22BrN5OS/c1-3-21(4-2)15-5-6-16(20-19-15)22-7-9-23(10-8-22)17(24)14-11-13(18)12-25-14/h5-6,11-12H,3-4,7-10H2,1-2H3. The number of carbonyl (C=O) groups excluding carboxylic acids is 1. The number of rotatable bonds is 5. The van der Waals surface area contributed by atoms with Gasteiger partial charge in [0.1, 0.15) is 0 Å². The molecule has 0 aliphatic carbocycles. The van der Waals surface area contributed by atoms with Crippen molar-refractivity contribution in [3.05, 3.63) is 32.9 Å². The minimum absolute atomic E-state index is 0.110. The number of halogens is 1. The topological polar surface area (TPSA) is 52.6 Å². The highest BCUT2D eigenvalue weighted by Gasteiger charge is 2.24. The Morgan fingerprint density at radius 3 is 2.44 bits per heavy atom. The van der Waals surface area contributed by atoms with Gasteiger partial charge in [-0.3, -0.25) is 4.79 Å². The third-order valence-electron chi connectivity index (χ3n) is 4.39. The van der Waals surface area contributed by atoms with Crippen LogP contribution in [0.5, 0.6) is 0 Å². The zero-order valence-electron chi connectivity index (χ0n) is 14.5. The van der Waals surface area contributed by atoms with Gasteiger partial charge < -0.3 is 14.7 Å². The van der Waals surface area contributed by atoms with Crippen LogP contribution in [0, 0.1) is 0 Å². The number of thiophene rings is 1. The third-order valence-corrected chi connectivity index (χ3v) is 6.07. The molecule has 1 fully saturated rings. The highest BCUT2D eigenvalue weighted by molar-refractivity contribution is 9.10. The van der Waals surface area contributed by atoms with Crippen LogP contribution in [0.4, 0.5) is 11.6 Å². The van der Waals surface area contributed by atoms with E-state index in [2.05, 4.69) is 49.8 Å². The first-order chi connectivity index (χ1) is 12.1. The zero-order chi connectivity index (χ0) is 17.8. The van der Waals surface area contributed by atoms with Crippen molar-refractivity contribution in [3.63, 3.8) is 0 Å². The second-order valence-electron chi connectivity index (χ2n) is 5.83. The van der Waals surface area contributed by atoms with Gasteiger partial charge >= 0.3 is 0 Å². The van der Waals surface area contributed by atoms with Gasteiger partial charge in [0.15, 0.2) is 11.6 Å². The molecule has 25 heavy (non-hydrogen) atoms. The highest BCUT2D eigenvalue weighted by Crippen LogP contribution is 2.22. The number of piperazine rings is 1. The summed E-state index contributed by atoms with van der Waals surface area (Å²) >= 11 is 4.88. The molecule has 8 heteroatoms. The predicted octanol–water partition coefficient (Wildman–Crippen LogP) is 3.11. The molecule has 0 radical (unpaired) electrons. The van der Waals surface area contributed by atoms with Gasteiger partial charge in [-0.1, -0.05) is 0 Å². The molecular formula is C17H22BrN5OS. The van der Waals surface area contributed by atoms with E-state index < -0.39 is 0 Å². The van der Waals surface area contributed by atoms with Crippen molar-refractivity contribution >= 4 is 44.8 Å². The Hall–Kier alpha value is -1.67. The average Bonchev–Trinajstić information content (AvgIpc) is 3.09. The van der Waals surface area contributed by atoms with E-state index >= 15 is 0 Å². The van der Waals surface area contributed by atoms with Crippen molar-refractivity contribution in [3.8, 4) is 0 Å². The van der Waals surface area contributed by atoms with E-state index in [0.29, 0.717) is 13.1 Å². The minimum atomic E-state index is 0.110. The van der Waals surface area contributed by atoms with E-state index in [9.17, 15) is 4.79 Å². The number of nitrogens with zero attached hydrogens (tertiary/aromatic N) is 5. The van der Waals surface area contributed by atoms with Gasteiger partial charge in [0.05, 0.1) is 4.88 Å². The predicted molar refractivity (Wildman–Crippen MR) is 106 cm³/mol. The molecule has 0 aromatic carbocycles. The normalized spacial score (nSPS) is 14.7. The first-order valence-electron chi connectivity index (χ1n) is 8.49. The number of aromatic nitrogens is 2. The number of carbonyl (C=O) groups is 1. The quantitative estimate of drug-likeness (QED) is 0.739. The van der Waals surface area contributed by atoms with Crippen LogP contribution in [-0.4, -0.2) is 60.3 Å². The Kier molecular flexibility index (Phi) is 5.90. The fourth-order valence-corrected chi connectivity index (χ4v) is 4.32. The lowest BCUT2D eigenvalue weighted by Gasteiger charge is -2.35. The molecule has 1 aliphatic heterocycles. The first kappa shape index (κ1) is 18.1. The van der Waals surface area contributed by atoms with Crippen LogP contribution in [0.15, 0.2) is 28.1 Å². The molecule has 3 heterocycles. The molecule has 1 amide bonds. The van der Waals surface area contributed by atoms with E-state index in [1.165, 1.54) is 11.3 Å².